The number of methoxy groups -OCH3 is 2. The number of hydrogen-bond acceptors (Lipinski definition) is 7. The molecule has 1 N–H and O–H groups in total. The highest BCUT2D eigenvalue weighted by Gasteiger charge is 2.14. The summed E-state index contributed by atoms with van der Waals surface area (Å²) >= 11 is 1.31. The predicted octanol–water partition coefficient (Wildman–Crippen LogP) is 4.02. The summed E-state index contributed by atoms with van der Waals surface area (Å²) in [6.45, 7) is 2.76. The van der Waals surface area contributed by atoms with E-state index in [1.165, 1.54) is 11.8 Å². The SMILES string of the molecule is CCCOc1ccc(-c2nnc(SCC(=O)Nc3cc(OC)cc(OC)c3)n2C)cc1. The van der Waals surface area contributed by atoms with Crippen LogP contribution < -0.4 is 19.5 Å². The molecule has 31 heavy (non-hydrogen) atoms. The van der Waals surface area contributed by atoms with Crippen LogP contribution in [0, 0.1) is 0 Å². The van der Waals surface area contributed by atoms with Gasteiger partial charge in [-0.2, -0.15) is 0 Å². The Labute approximate surface area is 185 Å². The molecule has 1 heterocycles. The Balaban J connectivity index is 1.61. The maximum absolute atomic E-state index is 12.4. The third-order valence-corrected chi connectivity index (χ3v) is 5.41. The van der Waals surface area contributed by atoms with E-state index in [0.29, 0.717) is 28.9 Å². The molecule has 0 saturated carbocycles. The smallest absolute Gasteiger partial charge is 0.234 e. The van der Waals surface area contributed by atoms with Crippen molar-refractivity contribution in [1.82, 2.24) is 14.8 Å². The van der Waals surface area contributed by atoms with E-state index < -0.39 is 0 Å². The second kappa shape index (κ2) is 10.7. The highest BCUT2D eigenvalue weighted by atomic mass is 32.2. The summed E-state index contributed by atoms with van der Waals surface area (Å²) in [5.74, 6) is 2.78. The first kappa shape index (κ1) is 22.5. The zero-order valence-corrected chi connectivity index (χ0v) is 18.9. The van der Waals surface area contributed by atoms with Crippen molar-refractivity contribution in [1.29, 1.82) is 0 Å². The normalized spacial score (nSPS) is 10.6. The molecule has 0 spiro atoms. The second-order valence-electron chi connectivity index (χ2n) is 6.68. The van der Waals surface area contributed by atoms with E-state index in [2.05, 4.69) is 22.4 Å². The molecule has 3 aromatic rings. The van der Waals surface area contributed by atoms with Gasteiger partial charge in [0, 0.05) is 36.5 Å². The Bertz CT molecular complexity index is 999. The lowest BCUT2D eigenvalue weighted by atomic mass is 10.2. The van der Waals surface area contributed by atoms with Crippen LogP contribution in [0.5, 0.6) is 17.2 Å². The maximum atomic E-state index is 12.4. The number of rotatable bonds is 10. The van der Waals surface area contributed by atoms with Crippen LogP contribution in [0.4, 0.5) is 5.69 Å². The van der Waals surface area contributed by atoms with E-state index in [-0.39, 0.29) is 11.7 Å². The molecule has 9 heteroatoms. The van der Waals surface area contributed by atoms with Crippen LogP contribution in [-0.4, -0.2) is 47.3 Å². The molecule has 1 aromatic heterocycles. The molecular formula is C22H26N4O4S. The molecule has 0 bridgehead atoms. The third kappa shape index (κ3) is 5.91. The first-order chi connectivity index (χ1) is 15.0. The van der Waals surface area contributed by atoms with Gasteiger partial charge in [-0.15, -0.1) is 10.2 Å². The average Bonchev–Trinajstić information content (AvgIpc) is 3.16. The molecule has 0 fully saturated rings. The summed E-state index contributed by atoms with van der Waals surface area (Å²) in [6.07, 6.45) is 0.963. The molecule has 0 atom stereocenters. The summed E-state index contributed by atoms with van der Waals surface area (Å²) in [6, 6.07) is 13.0. The minimum Gasteiger partial charge on any atom is -0.497 e. The van der Waals surface area contributed by atoms with Crippen molar-refractivity contribution >= 4 is 23.4 Å². The van der Waals surface area contributed by atoms with Gasteiger partial charge in [0.15, 0.2) is 11.0 Å². The van der Waals surface area contributed by atoms with Gasteiger partial charge in [0.25, 0.3) is 0 Å². The molecule has 164 valence electrons. The van der Waals surface area contributed by atoms with Crippen molar-refractivity contribution in [2.45, 2.75) is 18.5 Å². The number of nitrogens with one attached hydrogen (secondary N) is 1. The van der Waals surface area contributed by atoms with Crippen LogP contribution >= 0.6 is 11.8 Å². The van der Waals surface area contributed by atoms with Gasteiger partial charge >= 0.3 is 0 Å². The zero-order chi connectivity index (χ0) is 22.2. The Morgan fingerprint density at radius 3 is 2.32 bits per heavy atom. The number of thioether (sulfide) groups is 1. The number of aromatic nitrogens is 3. The number of carbonyl (C=O) groups excluding carboxylic acids is 1. The Hall–Kier alpha value is -3.20. The molecule has 0 aliphatic heterocycles. The minimum absolute atomic E-state index is 0.165. The monoisotopic (exact) mass is 442 g/mol. The van der Waals surface area contributed by atoms with Crippen molar-refractivity contribution in [2.24, 2.45) is 7.05 Å². The topological polar surface area (TPSA) is 87.5 Å². The molecule has 0 unspecified atom stereocenters. The zero-order valence-electron chi connectivity index (χ0n) is 18.0. The lowest BCUT2D eigenvalue weighted by Crippen LogP contribution is -2.14. The number of carbonyl (C=O) groups is 1. The van der Waals surface area contributed by atoms with Crippen molar-refractivity contribution < 1.29 is 19.0 Å². The largest absolute Gasteiger partial charge is 0.497 e. The molecule has 8 nitrogen and oxygen atoms in total. The minimum atomic E-state index is -0.165. The number of anilines is 1. The van der Waals surface area contributed by atoms with Crippen molar-refractivity contribution in [3.63, 3.8) is 0 Å². The molecule has 0 radical (unpaired) electrons. The average molecular weight is 443 g/mol. The molecule has 0 saturated heterocycles. The fourth-order valence-electron chi connectivity index (χ4n) is 2.82. The maximum Gasteiger partial charge on any atom is 0.234 e. The first-order valence-corrected chi connectivity index (χ1v) is 10.8. The van der Waals surface area contributed by atoms with Crippen LogP contribution in [0.2, 0.25) is 0 Å². The van der Waals surface area contributed by atoms with E-state index in [0.717, 1.165) is 23.6 Å². The van der Waals surface area contributed by atoms with E-state index in [1.807, 2.05) is 35.9 Å². The highest BCUT2D eigenvalue weighted by Crippen LogP contribution is 2.27. The number of amides is 1. The molecule has 3 rings (SSSR count). The fraction of sp³-hybridized carbons (Fsp3) is 0.318. The van der Waals surface area contributed by atoms with E-state index in [4.69, 9.17) is 14.2 Å². The summed E-state index contributed by atoms with van der Waals surface area (Å²) in [5, 5.41) is 12.0. The highest BCUT2D eigenvalue weighted by molar-refractivity contribution is 7.99. The molecular weight excluding hydrogens is 416 g/mol. The van der Waals surface area contributed by atoms with Crippen LogP contribution in [0.25, 0.3) is 11.4 Å². The number of ether oxygens (including phenoxy) is 3. The van der Waals surface area contributed by atoms with Gasteiger partial charge in [-0.25, -0.2) is 0 Å². The van der Waals surface area contributed by atoms with Gasteiger partial charge in [-0.1, -0.05) is 18.7 Å². The summed E-state index contributed by atoms with van der Waals surface area (Å²) in [5.41, 5.74) is 1.53. The number of hydrogen-bond donors (Lipinski definition) is 1. The molecule has 0 aliphatic carbocycles. The first-order valence-electron chi connectivity index (χ1n) is 9.82. The lowest BCUT2D eigenvalue weighted by molar-refractivity contribution is -0.113. The summed E-state index contributed by atoms with van der Waals surface area (Å²) in [4.78, 5) is 12.4. The summed E-state index contributed by atoms with van der Waals surface area (Å²) < 4.78 is 17.9. The Morgan fingerprint density at radius 1 is 1.03 bits per heavy atom. The van der Waals surface area contributed by atoms with E-state index >= 15 is 0 Å². The molecule has 0 aliphatic rings. The summed E-state index contributed by atoms with van der Waals surface area (Å²) in [7, 11) is 5.01. The molecule has 1 amide bonds. The second-order valence-corrected chi connectivity index (χ2v) is 7.62. The van der Waals surface area contributed by atoms with Crippen LogP contribution in [0.1, 0.15) is 13.3 Å². The van der Waals surface area contributed by atoms with Crippen LogP contribution in [0.15, 0.2) is 47.6 Å². The van der Waals surface area contributed by atoms with Gasteiger partial charge in [0.1, 0.15) is 17.2 Å². The standard InChI is InChI=1S/C22H26N4O4S/c1-5-10-30-17-8-6-15(7-9-17)21-24-25-22(26(21)2)31-14-20(27)23-16-11-18(28-3)13-19(12-16)29-4/h6-9,11-13H,5,10,14H2,1-4H3,(H,23,27). The van der Waals surface area contributed by atoms with Crippen molar-refractivity contribution in [3.05, 3.63) is 42.5 Å². The number of benzene rings is 2. The molecule has 2 aromatic carbocycles. The third-order valence-electron chi connectivity index (χ3n) is 4.39. The van der Waals surface area contributed by atoms with Crippen molar-refractivity contribution in [3.8, 4) is 28.6 Å². The predicted molar refractivity (Wildman–Crippen MR) is 121 cm³/mol. The van der Waals surface area contributed by atoms with E-state index in [9.17, 15) is 4.79 Å². The lowest BCUT2D eigenvalue weighted by Gasteiger charge is -2.10. The van der Waals surface area contributed by atoms with Gasteiger partial charge in [-0.05, 0) is 30.7 Å². The quantitative estimate of drug-likeness (QED) is 0.475. The fourth-order valence-corrected chi connectivity index (χ4v) is 3.53. The van der Waals surface area contributed by atoms with Gasteiger partial charge in [-0.3, -0.25) is 4.79 Å². The Morgan fingerprint density at radius 2 is 1.71 bits per heavy atom. The van der Waals surface area contributed by atoms with Crippen LogP contribution in [-0.2, 0) is 11.8 Å². The van der Waals surface area contributed by atoms with E-state index in [1.54, 1.807) is 32.4 Å². The van der Waals surface area contributed by atoms with Gasteiger partial charge < -0.3 is 24.1 Å². The Kier molecular flexibility index (Phi) is 7.77. The van der Waals surface area contributed by atoms with Crippen molar-refractivity contribution in [2.75, 3.05) is 31.9 Å². The van der Waals surface area contributed by atoms with Gasteiger partial charge in [0.2, 0.25) is 5.91 Å². The van der Waals surface area contributed by atoms with Gasteiger partial charge in [0.05, 0.1) is 26.6 Å². The number of nitrogens with zero attached hydrogens (tertiary/aromatic N) is 3. The van der Waals surface area contributed by atoms with Crippen LogP contribution in [0.3, 0.4) is 0 Å².